The first-order chi connectivity index (χ1) is 23.3. The van der Waals surface area contributed by atoms with E-state index in [1.54, 1.807) is 55.3 Å². The second-order valence-electron chi connectivity index (χ2n) is 11.7. The number of amides is 1. The van der Waals surface area contributed by atoms with Crippen LogP contribution in [0.15, 0.2) is 121 Å². The topological polar surface area (TPSA) is 115 Å². The number of nitrogens with one attached hydrogen (secondary N) is 1. The van der Waals surface area contributed by atoms with Gasteiger partial charge in [-0.25, -0.2) is 4.98 Å². The van der Waals surface area contributed by atoms with Crippen molar-refractivity contribution in [1.82, 2.24) is 9.55 Å². The maximum Gasteiger partial charge on any atom is 0.256 e. The van der Waals surface area contributed by atoms with Gasteiger partial charge in [0, 0.05) is 17.7 Å². The van der Waals surface area contributed by atoms with Gasteiger partial charge in [0.2, 0.25) is 4.77 Å². The number of nitrogens with zero attached hydrogens (tertiary/aromatic N) is 2. The van der Waals surface area contributed by atoms with Gasteiger partial charge in [0.25, 0.3) is 5.91 Å². The van der Waals surface area contributed by atoms with Gasteiger partial charge in [0.15, 0.2) is 0 Å². The van der Waals surface area contributed by atoms with Gasteiger partial charge in [-0.05, 0) is 71.4 Å². The van der Waals surface area contributed by atoms with E-state index in [9.17, 15) is 15.0 Å². The molecule has 1 unspecified atom stereocenters. The number of hydrogen-bond acceptors (Lipinski definition) is 8. The molecule has 5 aromatic rings. The number of rotatable bonds is 10. The summed E-state index contributed by atoms with van der Waals surface area (Å²) in [6.45, 7) is 1.85. The van der Waals surface area contributed by atoms with Crippen molar-refractivity contribution in [3.8, 4) is 11.5 Å². The van der Waals surface area contributed by atoms with Gasteiger partial charge in [0.05, 0.1) is 25.7 Å². The van der Waals surface area contributed by atoms with E-state index in [1.165, 1.54) is 0 Å². The van der Waals surface area contributed by atoms with E-state index < -0.39 is 35.9 Å². The normalized spacial score (nSPS) is 19.8. The summed E-state index contributed by atoms with van der Waals surface area (Å²) >= 11 is 5.64. The predicted octanol–water partition coefficient (Wildman–Crippen LogP) is 6.17. The van der Waals surface area contributed by atoms with E-state index in [2.05, 4.69) is 10.3 Å². The number of methoxy groups -OCH3 is 2. The number of hydrogen-bond donors (Lipinski definition) is 3. The Morgan fingerprint density at radius 1 is 0.854 bits per heavy atom. The van der Waals surface area contributed by atoms with Crippen LogP contribution in [0.1, 0.15) is 40.2 Å². The van der Waals surface area contributed by atoms with Crippen molar-refractivity contribution in [2.45, 2.75) is 36.9 Å². The lowest BCUT2D eigenvalue weighted by Crippen LogP contribution is -2.52. The zero-order valence-corrected chi connectivity index (χ0v) is 27.6. The lowest BCUT2D eigenvalue weighted by atomic mass is 9.64. The summed E-state index contributed by atoms with van der Waals surface area (Å²) in [7, 11) is 3.21. The lowest BCUT2D eigenvalue weighted by molar-refractivity contribution is -0.0976. The van der Waals surface area contributed by atoms with Crippen molar-refractivity contribution < 1.29 is 29.2 Å². The zero-order chi connectivity index (χ0) is 33.8. The van der Waals surface area contributed by atoms with Crippen LogP contribution < -0.4 is 14.8 Å². The van der Waals surface area contributed by atoms with Gasteiger partial charge in [-0.2, -0.15) is 0 Å². The summed E-state index contributed by atoms with van der Waals surface area (Å²) in [5.41, 5.74) is 1.65. The molecule has 0 saturated carbocycles. The van der Waals surface area contributed by atoms with Gasteiger partial charge >= 0.3 is 0 Å². The van der Waals surface area contributed by atoms with Crippen molar-refractivity contribution in [3.05, 3.63) is 148 Å². The smallest absolute Gasteiger partial charge is 0.256 e. The average molecular weight is 664 g/mol. The number of ether oxygens (including phenoxy) is 3. The molecule has 0 aliphatic carbocycles. The largest absolute Gasteiger partial charge is 0.497 e. The predicted molar refractivity (Wildman–Crippen MR) is 185 cm³/mol. The maximum absolute atomic E-state index is 12.7. The highest BCUT2D eigenvalue weighted by atomic mass is 32.1. The number of carbonyl (C=O) groups excluding carboxylic acids is 1. The van der Waals surface area contributed by atoms with Crippen molar-refractivity contribution in [1.29, 1.82) is 0 Å². The molecule has 0 radical (unpaired) electrons. The third kappa shape index (κ3) is 6.11. The third-order valence-electron chi connectivity index (χ3n) is 9.08. The summed E-state index contributed by atoms with van der Waals surface area (Å²) < 4.78 is 19.3. The van der Waals surface area contributed by atoms with E-state index in [1.807, 2.05) is 91.9 Å². The molecule has 9 nitrogen and oxygen atoms in total. The Morgan fingerprint density at radius 2 is 1.38 bits per heavy atom. The Hall–Kier alpha value is -4.87. The van der Waals surface area contributed by atoms with Crippen LogP contribution in [-0.2, 0) is 10.2 Å². The lowest BCUT2D eigenvalue weighted by Gasteiger charge is -2.43. The first kappa shape index (κ1) is 33.0. The molecule has 4 aromatic carbocycles. The standard InChI is InChI=1S/C38H37N3O6S/c1-24-32(42)33(47-36(24)41-23-22-31(40-37(41)48)39-35(44)25-10-6-4-7-11-25)34(43)38(26-12-8-5-9-13-26,27-14-18-29(45-2)19-15-27)28-16-20-30(46-3)21-17-28/h4-24,32-34,36,42-43H,1-3H3,(H,39,40,44,48)/t24-,32+,33+,34?,36-/m1/s1. The number of aliphatic hydroxyl groups is 2. The molecule has 5 atom stereocenters. The molecule has 1 fully saturated rings. The van der Waals surface area contributed by atoms with E-state index >= 15 is 0 Å². The van der Waals surface area contributed by atoms with Crippen LogP contribution in [0.4, 0.5) is 5.82 Å². The van der Waals surface area contributed by atoms with Gasteiger partial charge < -0.3 is 29.7 Å². The molecule has 3 N–H and O–H groups in total. The summed E-state index contributed by atoms with van der Waals surface area (Å²) in [4.78, 5) is 17.1. The van der Waals surface area contributed by atoms with E-state index in [0.29, 0.717) is 17.1 Å². The van der Waals surface area contributed by atoms with E-state index in [-0.39, 0.29) is 16.5 Å². The van der Waals surface area contributed by atoms with Gasteiger partial charge in [-0.3, -0.25) is 9.36 Å². The molecule has 246 valence electrons. The fraction of sp³-hybridized carbons (Fsp3) is 0.237. The summed E-state index contributed by atoms with van der Waals surface area (Å²) in [6, 6.07) is 35.2. The highest BCUT2D eigenvalue weighted by molar-refractivity contribution is 7.71. The summed E-state index contributed by atoms with van der Waals surface area (Å²) in [6.07, 6.45) is -2.48. The van der Waals surface area contributed by atoms with Gasteiger partial charge in [-0.15, -0.1) is 0 Å². The summed E-state index contributed by atoms with van der Waals surface area (Å²) in [5.74, 6) is 0.828. The van der Waals surface area contributed by atoms with Gasteiger partial charge in [0.1, 0.15) is 35.8 Å². The minimum atomic E-state index is -1.28. The monoisotopic (exact) mass is 663 g/mol. The van der Waals surface area contributed by atoms with Crippen LogP contribution in [0, 0.1) is 10.7 Å². The second-order valence-corrected chi connectivity index (χ2v) is 12.1. The SMILES string of the molecule is COc1ccc(C(c2ccccc2)(c2ccc(OC)cc2)C(O)[C@H]2O[C@@H](n3ccc(NC(=O)c4ccccc4)nc3=S)[C@H](C)[C@@H]2O)cc1. The Morgan fingerprint density at radius 3 is 1.90 bits per heavy atom. The van der Waals surface area contributed by atoms with Crippen LogP contribution in [0.3, 0.4) is 0 Å². The molecule has 1 saturated heterocycles. The van der Waals surface area contributed by atoms with Crippen LogP contribution in [0.2, 0.25) is 0 Å². The van der Waals surface area contributed by atoms with Crippen LogP contribution >= 0.6 is 12.2 Å². The highest BCUT2D eigenvalue weighted by Gasteiger charge is 2.54. The minimum Gasteiger partial charge on any atom is -0.497 e. The van der Waals surface area contributed by atoms with Crippen molar-refractivity contribution in [2.24, 2.45) is 5.92 Å². The molecule has 6 rings (SSSR count). The van der Waals surface area contributed by atoms with Crippen LogP contribution in [0.25, 0.3) is 0 Å². The fourth-order valence-electron chi connectivity index (χ4n) is 6.53. The number of aliphatic hydroxyl groups excluding tert-OH is 2. The first-order valence-electron chi connectivity index (χ1n) is 15.6. The molecule has 48 heavy (non-hydrogen) atoms. The number of benzene rings is 4. The van der Waals surface area contributed by atoms with Gasteiger partial charge in [-0.1, -0.05) is 79.7 Å². The van der Waals surface area contributed by atoms with Crippen LogP contribution in [-0.4, -0.2) is 58.2 Å². The third-order valence-corrected chi connectivity index (χ3v) is 9.38. The Labute approximate surface area is 284 Å². The molecule has 0 spiro atoms. The van der Waals surface area contributed by atoms with E-state index in [0.717, 1.165) is 16.7 Å². The molecule has 1 amide bonds. The minimum absolute atomic E-state index is 0.152. The molecule has 0 bridgehead atoms. The number of anilines is 1. The molecule has 1 aliphatic heterocycles. The van der Waals surface area contributed by atoms with Crippen molar-refractivity contribution in [3.63, 3.8) is 0 Å². The average Bonchev–Trinajstić information content (AvgIpc) is 3.42. The molecule has 1 aromatic heterocycles. The molecule has 10 heteroatoms. The molecular formula is C38H37N3O6S. The maximum atomic E-state index is 12.7. The highest BCUT2D eigenvalue weighted by Crippen LogP contribution is 2.48. The van der Waals surface area contributed by atoms with Crippen LogP contribution in [0.5, 0.6) is 11.5 Å². The Balaban J connectivity index is 1.39. The zero-order valence-electron chi connectivity index (χ0n) is 26.8. The molecule has 1 aliphatic rings. The molecule has 2 heterocycles. The quantitative estimate of drug-likeness (QED) is 0.120. The Bertz CT molecular complexity index is 1850. The molecular weight excluding hydrogens is 627 g/mol. The van der Waals surface area contributed by atoms with Crippen molar-refractivity contribution >= 4 is 23.9 Å². The Kier molecular flexibility index (Phi) is 9.70. The van der Waals surface area contributed by atoms with Crippen molar-refractivity contribution in [2.75, 3.05) is 19.5 Å². The summed E-state index contributed by atoms with van der Waals surface area (Å²) in [5, 5.41) is 27.2. The second kappa shape index (κ2) is 14.1. The number of carbonyl (C=O) groups is 1. The van der Waals surface area contributed by atoms with E-state index in [4.69, 9.17) is 26.4 Å². The fourth-order valence-corrected chi connectivity index (χ4v) is 6.80. The number of aromatic nitrogens is 2. The first-order valence-corrected chi connectivity index (χ1v) is 16.0.